The molecular formula is C16H25N. The minimum absolute atomic E-state index is 0.252. The molecule has 1 nitrogen and oxygen atoms in total. The number of nitrogens with zero attached hydrogens (tertiary/aromatic N) is 1. The summed E-state index contributed by atoms with van der Waals surface area (Å²) in [5.41, 5.74) is 2.01. The van der Waals surface area contributed by atoms with Gasteiger partial charge in [-0.15, -0.1) is 0 Å². The lowest BCUT2D eigenvalue weighted by molar-refractivity contribution is 0.0372. The summed E-state index contributed by atoms with van der Waals surface area (Å²) >= 11 is 0. The summed E-state index contributed by atoms with van der Waals surface area (Å²) in [4.78, 5) is 2.70. The van der Waals surface area contributed by atoms with Gasteiger partial charge in [0.2, 0.25) is 0 Å². The van der Waals surface area contributed by atoms with Crippen LogP contribution in [0.5, 0.6) is 0 Å². The van der Waals surface area contributed by atoms with Crippen molar-refractivity contribution in [2.75, 3.05) is 6.54 Å². The molecule has 1 unspecified atom stereocenters. The third-order valence-corrected chi connectivity index (χ3v) is 4.19. The van der Waals surface area contributed by atoms with E-state index in [-0.39, 0.29) is 11.1 Å². The minimum Gasteiger partial charge on any atom is -0.289 e. The van der Waals surface area contributed by atoms with Crippen molar-refractivity contribution in [1.82, 2.24) is 4.90 Å². The Labute approximate surface area is 106 Å². The van der Waals surface area contributed by atoms with Gasteiger partial charge in [0.05, 0.1) is 0 Å². The predicted molar refractivity (Wildman–Crippen MR) is 74.1 cm³/mol. The number of rotatable bonds is 2. The van der Waals surface area contributed by atoms with Gasteiger partial charge in [-0.25, -0.2) is 0 Å². The molecule has 1 aliphatic heterocycles. The van der Waals surface area contributed by atoms with Crippen LogP contribution in [0.2, 0.25) is 0 Å². The predicted octanol–water partition coefficient (Wildman–Crippen LogP) is 4.19. The average molecular weight is 231 g/mol. The summed E-state index contributed by atoms with van der Waals surface area (Å²) < 4.78 is 0. The first-order chi connectivity index (χ1) is 8.00. The zero-order valence-electron chi connectivity index (χ0n) is 11.7. The zero-order valence-corrected chi connectivity index (χ0v) is 11.7. The van der Waals surface area contributed by atoms with Crippen molar-refractivity contribution in [1.29, 1.82) is 0 Å². The Bertz CT molecular complexity index is 363. The van der Waals surface area contributed by atoms with Gasteiger partial charge in [0, 0.05) is 11.1 Å². The third kappa shape index (κ3) is 2.13. The first kappa shape index (κ1) is 12.6. The Morgan fingerprint density at radius 1 is 1.18 bits per heavy atom. The summed E-state index contributed by atoms with van der Waals surface area (Å²) in [6.07, 6.45) is 3.82. The summed E-state index contributed by atoms with van der Waals surface area (Å²) in [5.74, 6) is 0. The molecule has 0 radical (unpaired) electrons. The summed E-state index contributed by atoms with van der Waals surface area (Å²) in [5, 5.41) is 0. The molecule has 0 N–H and O–H groups in total. The van der Waals surface area contributed by atoms with Crippen LogP contribution < -0.4 is 0 Å². The average Bonchev–Trinajstić information content (AvgIpc) is 2.75. The highest BCUT2D eigenvalue weighted by atomic mass is 15.3. The molecule has 0 aromatic heterocycles. The van der Waals surface area contributed by atoms with Crippen molar-refractivity contribution in [3.05, 3.63) is 35.9 Å². The molecule has 1 heteroatoms. The van der Waals surface area contributed by atoms with E-state index in [1.807, 2.05) is 0 Å². The van der Waals surface area contributed by atoms with E-state index in [1.165, 1.54) is 31.4 Å². The van der Waals surface area contributed by atoms with Gasteiger partial charge in [-0.3, -0.25) is 4.90 Å². The maximum atomic E-state index is 2.70. The molecule has 0 bridgehead atoms. The SMILES string of the molecule is CCC1(c2ccccc2)CCCN1C(C)(C)C. The molecule has 1 saturated heterocycles. The van der Waals surface area contributed by atoms with Gasteiger partial charge in [-0.1, -0.05) is 37.3 Å². The molecule has 0 spiro atoms. The van der Waals surface area contributed by atoms with Crippen molar-refractivity contribution in [3.8, 4) is 0 Å². The molecular weight excluding hydrogens is 206 g/mol. The number of likely N-dealkylation sites (tertiary alicyclic amines) is 1. The lowest BCUT2D eigenvalue weighted by Crippen LogP contribution is -2.51. The largest absolute Gasteiger partial charge is 0.289 e. The second-order valence-electron chi connectivity index (χ2n) is 6.18. The fourth-order valence-corrected chi connectivity index (χ4v) is 3.48. The van der Waals surface area contributed by atoms with E-state index in [9.17, 15) is 0 Å². The second kappa shape index (κ2) is 4.45. The molecule has 0 saturated carbocycles. The Morgan fingerprint density at radius 3 is 2.35 bits per heavy atom. The van der Waals surface area contributed by atoms with Crippen molar-refractivity contribution >= 4 is 0 Å². The molecule has 94 valence electrons. The smallest absolute Gasteiger partial charge is 0.0463 e. The quantitative estimate of drug-likeness (QED) is 0.738. The minimum atomic E-state index is 0.252. The molecule has 2 rings (SSSR count). The monoisotopic (exact) mass is 231 g/mol. The molecule has 1 aromatic rings. The fourth-order valence-electron chi connectivity index (χ4n) is 3.48. The molecule has 1 heterocycles. The lowest BCUT2D eigenvalue weighted by atomic mass is 9.82. The van der Waals surface area contributed by atoms with Crippen LogP contribution >= 0.6 is 0 Å². The molecule has 0 amide bonds. The zero-order chi connectivity index (χ0) is 12.5. The maximum Gasteiger partial charge on any atom is 0.0463 e. The normalized spacial score (nSPS) is 26.4. The Hall–Kier alpha value is -0.820. The number of hydrogen-bond donors (Lipinski definition) is 0. The van der Waals surface area contributed by atoms with Crippen LogP contribution in [-0.4, -0.2) is 17.0 Å². The van der Waals surface area contributed by atoms with E-state index >= 15 is 0 Å². The van der Waals surface area contributed by atoms with Crippen molar-refractivity contribution in [2.24, 2.45) is 0 Å². The van der Waals surface area contributed by atoms with Crippen LogP contribution in [0.3, 0.4) is 0 Å². The van der Waals surface area contributed by atoms with Gasteiger partial charge < -0.3 is 0 Å². The second-order valence-corrected chi connectivity index (χ2v) is 6.18. The first-order valence-corrected chi connectivity index (χ1v) is 6.84. The Kier molecular flexibility index (Phi) is 3.31. The Morgan fingerprint density at radius 2 is 1.82 bits per heavy atom. The highest BCUT2D eigenvalue weighted by Gasteiger charge is 2.45. The molecule has 0 aliphatic carbocycles. The molecule has 1 aliphatic rings. The van der Waals surface area contributed by atoms with Gasteiger partial charge >= 0.3 is 0 Å². The maximum absolute atomic E-state index is 2.70. The Balaban J connectivity index is 2.43. The van der Waals surface area contributed by atoms with Crippen LogP contribution in [-0.2, 0) is 5.54 Å². The van der Waals surface area contributed by atoms with Crippen LogP contribution in [0.4, 0.5) is 0 Å². The van der Waals surface area contributed by atoms with E-state index in [4.69, 9.17) is 0 Å². The fraction of sp³-hybridized carbons (Fsp3) is 0.625. The van der Waals surface area contributed by atoms with Crippen LogP contribution in [0.1, 0.15) is 52.5 Å². The first-order valence-electron chi connectivity index (χ1n) is 6.84. The molecule has 1 fully saturated rings. The van der Waals surface area contributed by atoms with Crippen LogP contribution in [0.25, 0.3) is 0 Å². The molecule has 1 aromatic carbocycles. The van der Waals surface area contributed by atoms with Gasteiger partial charge in [0.25, 0.3) is 0 Å². The summed E-state index contributed by atoms with van der Waals surface area (Å²) in [7, 11) is 0. The topological polar surface area (TPSA) is 3.24 Å². The molecule has 1 atom stereocenters. The van der Waals surface area contributed by atoms with Gasteiger partial charge in [-0.2, -0.15) is 0 Å². The molecule has 17 heavy (non-hydrogen) atoms. The van der Waals surface area contributed by atoms with Crippen molar-refractivity contribution < 1.29 is 0 Å². The van der Waals surface area contributed by atoms with Crippen molar-refractivity contribution in [3.63, 3.8) is 0 Å². The van der Waals surface area contributed by atoms with Crippen molar-refractivity contribution in [2.45, 2.75) is 58.0 Å². The highest BCUT2D eigenvalue weighted by molar-refractivity contribution is 5.26. The number of benzene rings is 1. The standard InChI is InChI=1S/C16H25N/c1-5-16(14-10-7-6-8-11-14)12-9-13-17(16)15(2,3)4/h6-8,10-11H,5,9,12-13H2,1-4H3. The van der Waals surface area contributed by atoms with Crippen LogP contribution in [0, 0.1) is 0 Å². The summed E-state index contributed by atoms with van der Waals surface area (Å²) in [6, 6.07) is 11.1. The summed E-state index contributed by atoms with van der Waals surface area (Å²) in [6.45, 7) is 10.6. The lowest BCUT2D eigenvalue weighted by Gasteiger charge is -2.46. The van der Waals surface area contributed by atoms with Crippen LogP contribution in [0.15, 0.2) is 30.3 Å². The van der Waals surface area contributed by atoms with E-state index < -0.39 is 0 Å². The van der Waals surface area contributed by atoms with Gasteiger partial charge in [-0.05, 0) is 52.1 Å². The van der Waals surface area contributed by atoms with E-state index in [0.717, 1.165) is 0 Å². The van der Waals surface area contributed by atoms with Gasteiger partial charge in [0.15, 0.2) is 0 Å². The van der Waals surface area contributed by atoms with E-state index in [1.54, 1.807) is 0 Å². The van der Waals surface area contributed by atoms with Gasteiger partial charge in [0.1, 0.15) is 0 Å². The third-order valence-electron chi connectivity index (χ3n) is 4.19. The number of hydrogen-bond acceptors (Lipinski definition) is 1. The van der Waals surface area contributed by atoms with E-state index in [0.29, 0.717) is 0 Å². The highest BCUT2D eigenvalue weighted by Crippen LogP contribution is 2.45. The van der Waals surface area contributed by atoms with E-state index in [2.05, 4.69) is 62.9 Å².